The Hall–Kier alpha value is -1.10. The normalized spacial score (nSPS) is 20.1. The first-order chi connectivity index (χ1) is 8.60. The van der Waals surface area contributed by atoms with Crippen LogP contribution in [-0.4, -0.2) is 29.6 Å². The molecule has 18 heavy (non-hydrogen) atoms. The summed E-state index contributed by atoms with van der Waals surface area (Å²) < 4.78 is 0. The predicted octanol–water partition coefficient (Wildman–Crippen LogP) is 1.12. The fourth-order valence-corrected chi connectivity index (χ4v) is 2.58. The summed E-state index contributed by atoms with van der Waals surface area (Å²) in [5, 5.41) is 11.9. The molecule has 2 atom stereocenters. The first-order valence-electron chi connectivity index (χ1n) is 6.83. The van der Waals surface area contributed by atoms with Crippen LogP contribution in [0.15, 0.2) is 0 Å². The van der Waals surface area contributed by atoms with Crippen molar-refractivity contribution < 1.29 is 14.7 Å². The smallest absolute Gasteiger partial charge is 0.326 e. The Morgan fingerprint density at radius 3 is 2.39 bits per heavy atom. The minimum Gasteiger partial charge on any atom is -0.480 e. The minimum absolute atomic E-state index is 0.0653. The maximum atomic E-state index is 11.9. The van der Waals surface area contributed by atoms with E-state index in [0.29, 0.717) is 6.42 Å². The van der Waals surface area contributed by atoms with Gasteiger partial charge in [0.1, 0.15) is 6.04 Å². The molecule has 5 heteroatoms. The van der Waals surface area contributed by atoms with Crippen LogP contribution in [0.2, 0.25) is 0 Å². The van der Waals surface area contributed by atoms with Crippen molar-refractivity contribution in [1.29, 1.82) is 0 Å². The summed E-state index contributed by atoms with van der Waals surface area (Å²) in [5.41, 5.74) is 5.51. The van der Waals surface area contributed by atoms with Crippen molar-refractivity contribution in [3.05, 3.63) is 0 Å². The van der Waals surface area contributed by atoms with Gasteiger partial charge in [-0.1, -0.05) is 26.2 Å². The van der Waals surface area contributed by atoms with E-state index in [9.17, 15) is 14.7 Å². The van der Waals surface area contributed by atoms with Crippen LogP contribution in [0.4, 0.5) is 0 Å². The molecule has 1 saturated carbocycles. The Balaban J connectivity index is 2.62. The fourth-order valence-electron chi connectivity index (χ4n) is 2.58. The second-order valence-corrected chi connectivity index (χ2v) is 5.06. The Morgan fingerprint density at radius 2 is 1.94 bits per heavy atom. The van der Waals surface area contributed by atoms with Crippen LogP contribution >= 0.6 is 0 Å². The molecule has 1 amide bonds. The van der Waals surface area contributed by atoms with Crippen molar-refractivity contribution in [3.63, 3.8) is 0 Å². The Morgan fingerprint density at radius 1 is 1.33 bits per heavy atom. The number of nitrogens with one attached hydrogen (secondary N) is 1. The van der Waals surface area contributed by atoms with Gasteiger partial charge in [-0.2, -0.15) is 0 Å². The molecule has 2 unspecified atom stereocenters. The largest absolute Gasteiger partial charge is 0.480 e. The molecule has 5 nitrogen and oxygen atoms in total. The predicted molar refractivity (Wildman–Crippen MR) is 69.0 cm³/mol. The van der Waals surface area contributed by atoms with Crippen molar-refractivity contribution >= 4 is 11.9 Å². The van der Waals surface area contributed by atoms with Crippen LogP contribution < -0.4 is 11.1 Å². The van der Waals surface area contributed by atoms with E-state index in [0.717, 1.165) is 32.1 Å². The molecule has 1 aliphatic carbocycles. The van der Waals surface area contributed by atoms with Gasteiger partial charge in [0.05, 0.1) is 0 Å². The number of hydrogen-bond acceptors (Lipinski definition) is 3. The number of nitrogens with two attached hydrogens (primary N) is 1. The molecule has 1 rings (SSSR count). The first-order valence-corrected chi connectivity index (χ1v) is 6.83. The molecule has 0 spiro atoms. The second-order valence-electron chi connectivity index (χ2n) is 5.06. The van der Waals surface area contributed by atoms with Gasteiger partial charge in [0.25, 0.3) is 0 Å². The van der Waals surface area contributed by atoms with E-state index in [-0.39, 0.29) is 24.3 Å². The van der Waals surface area contributed by atoms with Crippen molar-refractivity contribution in [2.24, 2.45) is 17.6 Å². The number of aliphatic carboxylic acids is 1. The molecule has 0 radical (unpaired) electrons. The first kappa shape index (κ1) is 15.0. The van der Waals surface area contributed by atoms with E-state index in [2.05, 4.69) is 5.32 Å². The minimum atomic E-state index is -0.929. The Bertz CT molecular complexity index is 284. The molecule has 4 N–H and O–H groups in total. The van der Waals surface area contributed by atoms with Gasteiger partial charge < -0.3 is 16.2 Å². The van der Waals surface area contributed by atoms with Crippen LogP contribution in [0.1, 0.15) is 45.4 Å². The lowest BCUT2D eigenvalue weighted by atomic mass is 9.83. The van der Waals surface area contributed by atoms with Gasteiger partial charge in [0.15, 0.2) is 0 Å². The molecule has 1 fully saturated rings. The Kier molecular flexibility index (Phi) is 6.12. The highest BCUT2D eigenvalue weighted by atomic mass is 16.4. The molecule has 0 aromatic carbocycles. The van der Waals surface area contributed by atoms with Crippen LogP contribution in [0.25, 0.3) is 0 Å². The van der Waals surface area contributed by atoms with Gasteiger partial charge in [-0.25, -0.2) is 4.79 Å². The quantitative estimate of drug-likeness (QED) is 0.664. The average Bonchev–Trinajstić information content (AvgIpc) is 2.38. The Labute approximate surface area is 108 Å². The highest BCUT2D eigenvalue weighted by molar-refractivity contribution is 5.85. The molecule has 104 valence electrons. The van der Waals surface area contributed by atoms with E-state index in [4.69, 9.17) is 5.73 Å². The van der Waals surface area contributed by atoms with Gasteiger partial charge >= 0.3 is 5.97 Å². The molecule has 0 aromatic rings. The second kappa shape index (κ2) is 7.36. The summed E-state index contributed by atoms with van der Waals surface area (Å²) in [5.74, 6) is -1.37. The number of carbonyl (C=O) groups excluding carboxylic acids is 1. The highest BCUT2D eigenvalue weighted by Gasteiger charge is 2.31. The lowest BCUT2D eigenvalue weighted by molar-refractivity contribution is -0.144. The van der Waals surface area contributed by atoms with Gasteiger partial charge in [-0.3, -0.25) is 4.79 Å². The lowest BCUT2D eigenvalue weighted by Gasteiger charge is -2.29. The van der Waals surface area contributed by atoms with Crippen LogP contribution in [0.5, 0.6) is 0 Å². The van der Waals surface area contributed by atoms with E-state index < -0.39 is 12.0 Å². The van der Waals surface area contributed by atoms with E-state index in [1.54, 1.807) is 0 Å². The molecule has 0 saturated heterocycles. The van der Waals surface area contributed by atoms with Crippen molar-refractivity contribution in [3.8, 4) is 0 Å². The molecule has 0 heterocycles. The zero-order chi connectivity index (χ0) is 13.5. The molecule has 0 aromatic heterocycles. The zero-order valence-corrected chi connectivity index (χ0v) is 11.0. The average molecular weight is 256 g/mol. The van der Waals surface area contributed by atoms with Crippen molar-refractivity contribution in [1.82, 2.24) is 5.32 Å². The summed E-state index contributed by atoms with van der Waals surface area (Å²) in [6, 6.07) is -0.751. The number of carboxylic acid groups (broad SMARTS) is 1. The standard InChI is InChI=1S/C13H24N2O3/c1-2-9(8-14)12(16)15-11(13(17)18)10-6-4-3-5-7-10/h9-11H,2-8,14H2,1H3,(H,15,16)(H,17,18). The topological polar surface area (TPSA) is 92.4 Å². The highest BCUT2D eigenvalue weighted by Crippen LogP contribution is 2.26. The zero-order valence-electron chi connectivity index (χ0n) is 11.0. The molecule has 0 aliphatic heterocycles. The fraction of sp³-hybridized carbons (Fsp3) is 0.846. The number of carboxylic acids is 1. The van der Waals surface area contributed by atoms with Gasteiger partial charge in [0.2, 0.25) is 5.91 Å². The monoisotopic (exact) mass is 256 g/mol. The third kappa shape index (κ3) is 3.98. The van der Waals surface area contributed by atoms with Crippen LogP contribution in [0.3, 0.4) is 0 Å². The van der Waals surface area contributed by atoms with Crippen LogP contribution in [-0.2, 0) is 9.59 Å². The molecule has 0 bridgehead atoms. The molecule has 1 aliphatic rings. The van der Waals surface area contributed by atoms with E-state index >= 15 is 0 Å². The maximum absolute atomic E-state index is 11.9. The summed E-state index contributed by atoms with van der Waals surface area (Å²) in [6.07, 6.45) is 5.68. The third-order valence-corrected chi connectivity index (χ3v) is 3.83. The summed E-state index contributed by atoms with van der Waals surface area (Å²) in [6.45, 7) is 2.15. The van der Waals surface area contributed by atoms with Gasteiger partial charge in [0, 0.05) is 12.5 Å². The number of rotatable bonds is 6. The lowest BCUT2D eigenvalue weighted by Crippen LogP contribution is -2.49. The third-order valence-electron chi connectivity index (χ3n) is 3.83. The van der Waals surface area contributed by atoms with Gasteiger partial charge in [-0.15, -0.1) is 0 Å². The SMILES string of the molecule is CCC(CN)C(=O)NC(C(=O)O)C1CCCCC1. The van der Waals surface area contributed by atoms with Crippen molar-refractivity contribution in [2.75, 3.05) is 6.54 Å². The van der Waals surface area contributed by atoms with E-state index in [1.807, 2.05) is 6.92 Å². The number of carbonyl (C=O) groups is 2. The number of amides is 1. The van der Waals surface area contributed by atoms with Crippen molar-refractivity contribution in [2.45, 2.75) is 51.5 Å². The maximum Gasteiger partial charge on any atom is 0.326 e. The summed E-state index contributed by atoms with van der Waals surface area (Å²) in [7, 11) is 0. The van der Waals surface area contributed by atoms with E-state index in [1.165, 1.54) is 0 Å². The number of hydrogen-bond donors (Lipinski definition) is 3. The van der Waals surface area contributed by atoms with Gasteiger partial charge in [-0.05, 0) is 25.2 Å². The summed E-state index contributed by atoms with van der Waals surface area (Å²) >= 11 is 0. The molecular formula is C13H24N2O3. The molecular weight excluding hydrogens is 232 g/mol. The van der Waals surface area contributed by atoms with Crippen LogP contribution in [0, 0.1) is 11.8 Å². The summed E-state index contributed by atoms with van der Waals surface area (Å²) in [4.78, 5) is 23.2.